The highest BCUT2D eigenvalue weighted by molar-refractivity contribution is 6.43. The van der Waals surface area contributed by atoms with Crippen LogP contribution in [0.2, 0.25) is 10.0 Å². The van der Waals surface area contributed by atoms with E-state index in [-0.39, 0.29) is 17.0 Å². The van der Waals surface area contributed by atoms with Gasteiger partial charge in [0.05, 0.1) is 22.2 Å². The van der Waals surface area contributed by atoms with Crippen molar-refractivity contribution in [1.29, 1.82) is 0 Å². The molecule has 0 unspecified atom stereocenters. The maximum Gasteiger partial charge on any atom is 0.256 e. The Labute approximate surface area is 167 Å². The minimum absolute atomic E-state index is 0.0275. The predicted octanol–water partition coefficient (Wildman–Crippen LogP) is 4.60. The molecule has 2 aromatic carbocycles. The lowest BCUT2D eigenvalue weighted by Crippen LogP contribution is -2.45. The average Bonchev–Trinajstić information content (AvgIpc) is 3.06. The summed E-state index contributed by atoms with van der Waals surface area (Å²) in [5.74, 6) is 1.43. The Morgan fingerprint density at radius 1 is 1.11 bits per heavy atom. The van der Waals surface area contributed by atoms with E-state index < -0.39 is 0 Å². The van der Waals surface area contributed by atoms with Crippen LogP contribution >= 0.6 is 23.2 Å². The average molecular weight is 401 g/mol. The molecule has 7 heteroatoms. The third kappa shape index (κ3) is 3.22. The van der Waals surface area contributed by atoms with Crippen LogP contribution in [0.1, 0.15) is 28.7 Å². The second kappa shape index (κ2) is 6.98. The molecule has 138 valence electrons. The number of carbonyl (C=O) groups excluding carboxylic acids is 1. The van der Waals surface area contributed by atoms with E-state index in [2.05, 4.69) is 33.8 Å². The molecule has 0 saturated carbocycles. The molecule has 27 heavy (non-hydrogen) atoms. The van der Waals surface area contributed by atoms with Crippen LogP contribution in [0.15, 0.2) is 42.5 Å². The number of benzene rings is 2. The van der Waals surface area contributed by atoms with Gasteiger partial charge in [0.15, 0.2) is 11.6 Å². The van der Waals surface area contributed by atoms with Gasteiger partial charge in [-0.3, -0.25) is 4.79 Å². The number of aromatic nitrogens is 3. The maximum atomic E-state index is 13.0. The lowest BCUT2D eigenvalue weighted by molar-refractivity contribution is 0.0612. The molecule has 1 amide bonds. The zero-order valence-electron chi connectivity index (χ0n) is 15.0. The summed E-state index contributed by atoms with van der Waals surface area (Å²) in [6, 6.07) is 13.3. The highest BCUT2D eigenvalue weighted by Gasteiger charge is 2.31. The topological polar surface area (TPSA) is 51.0 Å². The molecule has 3 aromatic rings. The van der Waals surface area contributed by atoms with E-state index in [9.17, 15) is 4.79 Å². The van der Waals surface area contributed by atoms with Crippen LogP contribution in [-0.2, 0) is 13.1 Å². The second-order valence-electron chi connectivity index (χ2n) is 6.80. The van der Waals surface area contributed by atoms with Crippen LogP contribution in [0.5, 0.6) is 0 Å². The zero-order chi connectivity index (χ0) is 19.1. The van der Waals surface area contributed by atoms with E-state index in [0.717, 1.165) is 17.2 Å². The van der Waals surface area contributed by atoms with Crippen molar-refractivity contribution in [2.75, 3.05) is 0 Å². The van der Waals surface area contributed by atoms with Crippen molar-refractivity contribution in [1.82, 2.24) is 19.7 Å². The molecule has 1 aromatic heterocycles. The summed E-state index contributed by atoms with van der Waals surface area (Å²) in [7, 11) is 0. The third-order valence-corrected chi connectivity index (χ3v) is 5.69. The second-order valence-corrected chi connectivity index (χ2v) is 7.59. The first-order valence-electron chi connectivity index (χ1n) is 8.70. The molecular formula is C20H18Cl2N4O. The van der Waals surface area contributed by atoms with Gasteiger partial charge in [-0.1, -0.05) is 59.1 Å². The number of carbonyl (C=O) groups is 1. The van der Waals surface area contributed by atoms with Gasteiger partial charge in [0.1, 0.15) is 0 Å². The minimum atomic E-state index is -0.152. The van der Waals surface area contributed by atoms with E-state index >= 15 is 0 Å². The fraction of sp³-hybridized carbons (Fsp3) is 0.250. The first kappa shape index (κ1) is 18.0. The summed E-state index contributed by atoms with van der Waals surface area (Å²) in [5, 5.41) is 9.33. The Morgan fingerprint density at radius 2 is 1.85 bits per heavy atom. The number of hydrogen-bond acceptors (Lipinski definition) is 3. The Kier molecular flexibility index (Phi) is 4.66. The molecule has 1 aliphatic heterocycles. The van der Waals surface area contributed by atoms with Crippen molar-refractivity contribution in [2.45, 2.75) is 33.0 Å². The van der Waals surface area contributed by atoms with Crippen molar-refractivity contribution in [3.8, 4) is 11.4 Å². The van der Waals surface area contributed by atoms with Gasteiger partial charge >= 0.3 is 0 Å². The Balaban J connectivity index is 1.65. The Bertz CT molecular complexity index is 1010. The van der Waals surface area contributed by atoms with Gasteiger partial charge in [-0.05, 0) is 26.0 Å². The number of halogens is 2. The van der Waals surface area contributed by atoms with Crippen LogP contribution in [0.3, 0.4) is 0 Å². The third-order valence-electron chi connectivity index (χ3n) is 4.87. The molecule has 4 rings (SSSR count). The molecular weight excluding hydrogens is 383 g/mol. The monoisotopic (exact) mass is 400 g/mol. The van der Waals surface area contributed by atoms with Crippen molar-refractivity contribution in [3.05, 3.63) is 69.5 Å². The van der Waals surface area contributed by atoms with E-state index in [1.54, 1.807) is 23.1 Å². The summed E-state index contributed by atoms with van der Waals surface area (Å²) in [5.41, 5.74) is 2.62. The van der Waals surface area contributed by atoms with Crippen molar-refractivity contribution in [2.24, 2.45) is 0 Å². The molecule has 1 atom stereocenters. The molecule has 0 bridgehead atoms. The van der Waals surface area contributed by atoms with Crippen LogP contribution in [0.4, 0.5) is 0 Å². The molecule has 0 N–H and O–H groups in total. The lowest BCUT2D eigenvalue weighted by Gasteiger charge is -2.34. The van der Waals surface area contributed by atoms with Crippen LogP contribution < -0.4 is 0 Å². The SMILES string of the molecule is Cc1ccc(-c2nnc3n2C[C@H](C)N(C(=O)c2cccc(Cl)c2Cl)C3)cc1. The van der Waals surface area contributed by atoms with Gasteiger partial charge in [-0.15, -0.1) is 10.2 Å². The fourth-order valence-electron chi connectivity index (χ4n) is 3.33. The van der Waals surface area contributed by atoms with E-state index in [4.69, 9.17) is 23.2 Å². The number of nitrogens with zero attached hydrogens (tertiary/aromatic N) is 4. The molecule has 0 fully saturated rings. The quantitative estimate of drug-likeness (QED) is 0.631. The predicted molar refractivity (Wildman–Crippen MR) is 106 cm³/mol. The molecule has 0 saturated heterocycles. The van der Waals surface area contributed by atoms with Crippen molar-refractivity contribution in [3.63, 3.8) is 0 Å². The zero-order valence-corrected chi connectivity index (χ0v) is 16.5. The van der Waals surface area contributed by atoms with Crippen LogP contribution in [0.25, 0.3) is 11.4 Å². The molecule has 2 heterocycles. The number of amides is 1. The first-order chi connectivity index (χ1) is 13.0. The van der Waals surface area contributed by atoms with Gasteiger partial charge in [0, 0.05) is 18.2 Å². The molecule has 1 aliphatic rings. The van der Waals surface area contributed by atoms with Gasteiger partial charge in [0.2, 0.25) is 0 Å². The van der Waals surface area contributed by atoms with Gasteiger partial charge < -0.3 is 9.47 Å². The highest BCUT2D eigenvalue weighted by atomic mass is 35.5. The summed E-state index contributed by atoms with van der Waals surface area (Å²) in [6.07, 6.45) is 0. The summed E-state index contributed by atoms with van der Waals surface area (Å²) >= 11 is 12.3. The van der Waals surface area contributed by atoms with E-state index in [1.807, 2.05) is 19.1 Å². The normalized spacial score (nSPS) is 16.3. The lowest BCUT2D eigenvalue weighted by atomic mass is 10.1. The molecule has 5 nitrogen and oxygen atoms in total. The van der Waals surface area contributed by atoms with Gasteiger partial charge in [0.25, 0.3) is 5.91 Å². The first-order valence-corrected chi connectivity index (χ1v) is 9.45. The molecule has 0 aliphatic carbocycles. The molecule has 0 spiro atoms. The van der Waals surface area contributed by atoms with E-state index in [1.165, 1.54) is 5.56 Å². The van der Waals surface area contributed by atoms with Gasteiger partial charge in [-0.25, -0.2) is 0 Å². The summed E-state index contributed by atoms with van der Waals surface area (Å²) in [4.78, 5) is 14.8. The van der Waals surface area contributed by atoms with E-state index in [0.29, 0.717) is 23.7 Å². The Morgan fingerprint density at radius 3 is 2.59 bits per heavy atom. The van der Waals surface area contributed by atoms with Crippen LogP contribution in [-0.4, -0.2) is 31.6 Å². The number of rotatable bonds is 2. The minimum Gasteiger partial charge on any atom is -0.327 e. The summed E-state index contributed by atoms with van der Waals surface area (Å²) in [6.45, 7) is 5.06. The largest absolute Gasteiger partial charge is 0.327 e. The molecule has 0 radical (unpaired) electrons. The smallest absolute Gasteiger partial charge is 0.256 e. The number of hydrogen-bond donors (Lipinski definition) is 0. The highest BCUT2D eigenvalue weighted by Crippen LogP contribution is 2.30. The Hall–Kier alpha value is -2.37. The van der Waals surface area contributed by atoms with Crippen LogP contribution in [0, 0.1) is 6.92 Å². The maximum absolute atomic E-state index is 13.0. The number of aryl methyl sites for hydroxylation is 1. The summed E-state index contributed by atoms with van der Waals surface area (Å²) < 4.78 is 2.08. The standard InChI is InChI=1S/C20H18Cl2N4O/c1-12-6-8-14(9-7-12)19-24-23-17-11-25(13(2)10-26(17)19)20(27)15-4-3-5-16(21)18(15)22/h3-9,13H,10-11H2,1-2H3/t13-/m0/s1. The van der Waals surface area contributed by atoms with Crippen molar-refractivity contribution < 1.29 is 4.79 Å². The van der Waals surface area contributed by atoms with Gasteiger partial charge in [-0.2, -0.15) is 0 Å². The fourth-order valence-corrected chi connectivity index (χ4v) is 3.71. The van der Waals surface area contributed by atoms with Crippen molar-refractivity contribution >= 4 is 29.1 Å². The number of fused-ring (bicyclic) bond motifs is 1.